The molecule has 1 heterocycles. The molecule has 0 radical (unpaired) electrons. The maximum atomic E-state index is 9.05. The summed E-state index contributed by atoms with van der Waals surface area (Å²) in [6.45, 7) is 2.03. The zero-order chi connectivity index (χ0) is 10.2. The zero-order valence-corrected chi connectivity index (χ0v) is 8.61. The fourth-order valence-electron chi connectivity index (χ4n) is 1.63. The Labute approximate surface area is 85.3 Å². The van der Waals surface area contributed by atoms with E-state index in [2.05, 4.69) is 5.32 Å². The van der Waals surface area contributed by atoms with E-state index in [9.17, 15) is 0 Å². The van der Waals surface area contributed by atoms with Gasteiger partial charge in [-0.05, 0) is 32.2 Å². The molecular weight excluding hydrogens is 182 g/mol. The predicted octanol–water partition coefficient (Wildman–Crippen LogP) is -0.112. The van der Waals surface area contributed by atoms with Gasteiger partial charge in [0.25, 0.3) is 0 Å². The van der Waals surface area contributed by atoms with Gasteiger partial charge in [0.2, 0.25) is 0 Å². The molecular formula is C10H21NO3. The van der Waals surface area contributed by atoms with Gasteiger partial charge in [0.1, 0.15) is 0 Å². The Morgan fingerprint density at radius 3 is 2.93 bits per heavy atom. The van der Waals surface area contributed by atoms with Crippen LogP contribution in [0.4, 0.5) is 0 Å². The van der Waals surface area contributed by atoms with Crippen LogP contribution in [0.3, 0.4) is 0 Å². The molecule has 3 N–H and O–H groups in total. The molecule has 0 saturated carbocycles. The summed E-state index contributed by atoms with van der Waals surface area (Å²) in [6, 6.07) is 0. The first-order valence-corrected chi connectivity index (χ1v) is 5.44. The van der Waals surface area contributed by atoms with E-state index in [-0.39, 0.29) is 6.61 Å². The molecule has 0 spiro atoms. The first kappa shape index (κ1) is 11.9. The van der Waals surface area contributed by atoms with E-state index in [0.717, 1.165) is 26.0 Å². The molecule has 1 rings (SSSR count). The van der Waals surface area contributed by atoms with Gasteiger partial charge in [-0.15, -0.1) is 0 Å². The average molecular weight is 203 g/mol. The van der Waals surface area contributed by atoms with Crippen LogP contribution in [0.1, 0.15) is 25.7 Å². The van der Waals surface area contributed by atoms with Crippen LogP contribution in [0.15, 0.2) is 0 Å². The smallest absolute Gasteiger partial charge is 0.0894 e. The van der Waals surface area contributed by atoms with Gasteiger partial charge >= 0.3 is 0 Å². The lowest BCUT2D eigenvalue weighted by atomic mass is 10.1. The number of hydrogen-bond donors (Lipinski definition) is 3. The monoisotopic (exact) mass is 203 g/mol. The van der Waals surface area contributed by atoms with Crippen LogP contribution in [0, 0.1) is 0 Å². The van der Waals surface area contributed by atoms with E-state index >= 15 is 0 Å². The summed E-state index contributed by atoms with van der Waals surface area (Å²) in [4.78, 5) is 0. The lowest BCUT2D eigenvalue weighted by molar-refractivity contribution is 0.0108. The van der Waals surface area contributed by atoms with Crippen molar-refractivity contribution in [3.63, 3.8) is 0 Å². The lowest BCUT2D eigenvalue weighted by Gasteiger charge is -2.22. The molecule has 1 saturated heterocycles. The molecule has 2 unspecified atom stereocenters. The zero-order valence-electron chi connectivity index (χ0n) is 8.61. The van der Waals surface area contributed by atoms with Crippen molar-refractivity contribution in [2.45, 2.75) is 37.9 Å². The van der Waals surface area contributed by atoms with Crippen LogP contribution in [0.25, 0.3) is 0 Å². The number of rotatable bonds is 6. The first-order valence-electron chi connectivity index (χ1n) is 5.44. The summed E-state index contributed by atoms with van der Waals surface area (Å²) >= 11 is 0. The number of ether oxygens (including phenoxy) is 1. The van der Waals surface area contributed by atoms with Crippen LogP contribution >= 0.6 is 0 Å². The van der Waals surface area contributed by atoms with Crippen molar-refractivity contribution in [3.05, 3.63) is 0 Å². The average Bonchev–Trinajstić information content (AvgIpc) is 2.25. The molecule has 84 valence electrons. The molecule has 0 aliphatic carbocycles. The second kappa shape index (κ2) is 7.17. The molecule has 4 heteroatoms. The Morgan fingerprint density at radius 2 is 2.29 bits per heavy atom. The minimum Gasteiger partial charge on any atom is -0.394 e. The standard InChI is InChI=1S/C10H21NO3/c12-8-9(13)7-11-5-4-10-3-1-2-6-14-10/h9-13H,1-8H2. The van der Waals surface area contributed by atoms with Crippen molar-refractivity contribution in [2.75, 3.05) is 26.3 Å². The molecule has 0 aromatic carbocycles. The predicted molar refractivity (Wildman–Crippen MR) is 54.2 cm³/mol. The Balaban J connectivity index is 1.92. The van der Waals surface area contributed by atoms with Crippen molar-refractivity contribution in [1.29, 1.82) is 0 Å². The third kappa shape index (κ3) is 4.91. The largest absolute Gasteiger partial charge is 0.394 e. The summed E-state index contributed by atoms with van der Waals surface area (Å²) in [7, 11) is 0. The summed E-state index contributed by atoms with van der Waals surface area (Å²) in [5.74, 6) is 0. The molecule has 4 nitrogen and oxygen atoms in total. The Hall–Kier alpha value is -0.160. The Bertz CT molecular complexity index is 137. The number of aliphatic hydroxyl groups is 2. The maximum Gasteiger partial charge on any atom is 0.0894 e. The third-order valence-electron chi connectivity index (χ3n) is 2.51. The van der Waals surface area contributed by atoms with E-state index in [4.69, 9.17) is 14.9 Å². The van der Waals surface area contributed by atoms with E-state index in [1.54, 1.807) is 0 Å². The van der Waals surface area contributed by atoms with Crippen LogP contribution in [-0.2, 0) is 4.74 Å². The van der Waals surface area contributed by atoms with Crippen molar-refractivity contribution < 1.29 is 14.9 Å². The van der Waals surface area contributed by atoms with Crippen LogP contribution in [-0.4, -0.2) is 48.7 Å². The Kier molecular flexibility index (Phi) is 6.10. The molecule has 0 bridgehead atoms. The SMILES string of the molecule is OCC(O)CNCCC1CCCCO1. The lowest BCUT2D eigenvalue weighted by Crippen LogP contribution is -2.32. The van der Waals surface area contributed by atoms with Crippen LogP contribution in [0.5, 0.6) is 0 Å². The van der Waals surface area contributed by atoms with Crippen LogP contribution in [0.2, 0.25) is 0 Å². The molecule has 0 aromatic rings. The van der Waals surface area contributed by atoms with Gasteiger partial charge in [0, 0.05) is 13.2 Å². The number of nitrogens with one attached hydrogen (secondary N) is 1. The highest BCUT2D eigenvalue weighted by Gasteiger charge is 2.12. The van der Waals surface area contributed by atoms with E-state index < -0.39 is 6.10 Å². The van der Waals surface area contributed by atoms with Crippen LogP contribution < -0.4 is 5.32 Å². The van der Waals surface area contributed by atoms with E-state index in [1.807, 2.05) is 0 Å². The maximum absolute atomic E-state index is 9.05. The second-order valence-electron chi connectivity index (χ2n) is 3.82. The van der Waals surface area contributed by atoms with Crippen molar-refractivity contribution >= 4 is 0 Å². The van der Waals surface area contributed by atoms with Crippen molar-refractivity contribution in [2.24, 2.45) is 0 Å². The van der Waals surface area contributed by atoms with Crippen molar-refractivity contribution in [3.8, 4) is 0 Å². The quantitative estimate of drug-likeness (QED) is 0.527. The van der Waals surface area contributed by atoms with Gasteiger partial charge in [-0.3, -0.25) is 0 Å². The minimum absolute atomic E-state index is 0.174. The fourth-order valence-corrected chi connectivity index (χ4v) is 1.63. The summed E-state index contributed by atoms with van der Waals surface area (Å²) < 4.78 is 5.56. The van der Waals surface area contributed by atoms with Gasteiger partial charge in [-0.25, -0.2) is 0 Å². The fraction of sp³-hybridized carbons (Fsp3) is 1.00. The highest BCUT2D eigenvalue weighted by molar-refractivity contribution is 4.66. The molecule has 1 aliphatic heterocycles. The summed E-state index contributed by atoms with van der Waals surface area (Å²) in [5, 5.41) is 20.7. The topological polar surface area (TPSA) is 61.7 Å². The van der Waals surface area contributed by atoms with E-state index in [0.29, 0.717) is 12.6 Å². The summed E-state index contributed by atoms with van der Waals surface area (Å²) in [6.07, 6.45) is 4.37. The number of hydrogen-bond acceptors (Lipinski definition) is 4. The molecule has 0 aromatic heterocycles. The van der Waals surface area contributed by atoms with Gasteiger partial charge in [0.15, 0.2) is 0 Å². The van der Waals surface area contributed by atoms with Gasteiger partial charge in [-0.2, -0.15) is 0 Å². The molecule has 0 amide bonds. The first-order chi connectivity index (χ1) is 6.83. The Morgan fingerprint density at radius 1 is 1.43 bits per heavy atom. The molecule has 14 heavy (non-hydrogen) atoms. The van der Waals surface area contributed by atoms with Gasteiger partial charge in [0.05, 0.1) is 18.8 Å². The second-order valence-corrected chi connectivity index (χ2v) is 3.82. The molecule has 2 atom stereocenters. The highest BCUT2D eigenvalue weighted by Crippen LogP contribution is 2.14. The highest BCUT2D eigenvalue weighted by atomic mass is 16.5. The normalized spacial score (nSPS) is 24.9. The van der Waals surface area contributed by atoms with Gasteiger partial charge < -0.3 is 20.3 Å². The minimum atomic E-state index is -0.637. The molecule has 1 aliphatic rings. The van der Waals surface area contributed by atoms with Gasteiger partial charge in [-0.1, -0.05) is 0 Å². The van der Waals surface area contributed by atoms with Crippen molar-refractivity contribution in [1.82, 2.24) is 5.32 Å². The molecule has 1 fully saturated rings. The van der Waals surface area contributed by atoms with E-state index in [1.165, 1.54) is 12.8 Å². The third-order valence-corrected chi connectivity index (χ3v) is 2.51. The summed E-state index contributed by atoms with van der Waals surface area (Å²) in [5.41, 5.74) is 0. The number of aliphatic hydroxyl groups excluding tert-OH is 2.